The average molecular weight is 829 g/mol. The molecule has 1 aromatic rings. The summed E-state index contributed by atoms with van der Waals surface area (Å²) in [4.78, 5) is 12.5. The Bertz CT molecular complexity index is 1360. The standard InChI is InChI=1S/C41H65IO7S/c1-10-27(2)21-36-31(6)35(25-50(44,45)34-16-12-11-13-17-34)37(48-36)23-29(4)30(5)28(3)22-32-18-19-38-41(26-42,49-32)24-33(47-38)15-14-20-46-39(43)40(7,8)9/h11-13,16-17,27-29,31-33,35-38H,5,10,14-15,18-26H2,1-4,6-9H3/t27-,28-,29-,31-,32?,33+,35-,36?,37+,38+,41-/m1/s1. The van der Waals surface area contributed by atoms with Crippen LogP contribution in [0.15, 0.2) is 47.4 Å². The van der Waals surface area contributed by atoms with E-state index >= 15 is 0 Å². The van der Waals surface area contributed by atoms with Gasteiger partial charge in [0.05, 0.1) is 53.2 Å². The highest BCUT2D eigenvalue weighted by Crippen LogP contribution is 2.46. The summed E-state index contributed by atoms with van der Waals surface area (Å²) in [7, 11) is -3.44. The van der Waals surface area contributed by atoms with Crippen molar-refractivity contribution in [2.45, 2.75) is 154 Å². The number of carbonyl (C=O) groups excluding carboxylic acids is 1. The van der Waals surface area contributed by atoms with E-state index in [0.717, 1.165) is 62.2 Å². The summed E-state index contributed by atoms with van der Waals surface area (Å²) < 4.78 is 53.7. The lowest BCUT2D eigenvalue weighted by atomic mass is 9.79. The fourth-order valence-electron chi connectivity index (χ4n) is 8.20. The highest BCUT2D eigenvalue weighted by atomic mass is 127. The SMILES string of the molecule is C=C([C@H](C)CC1CC[C@@H]2O[C@@H](CCCOC(=O)C(C)(C)C)C[C@]2(CI)O1)[C@H](C)C[C@@H]1OC(C[C@H](C)CC)[C@H](C)[C@H]1CS(=O)(=O)c1ccccc1. The van der Waals surface area contributed by atoms with Gasteiger partial charge in [0.1, 0.15) is 5.60 Å². The summed E-state index contributed by atoms with van der Waals surface area (Å²) in [6, 6.07) is 8.86. The van der Waals surface area contributed by atoms with Crippen molar-refractivity contribution >= 4 is 38.4 Å². The van der Waals surface area contributed by atoms with Gasteiger partial charge in [-0.05, 0) is 102 Å². The maximum atomic E-state index is 13.6. The fraction of sp³-hybridized carbons (Fsp3) is 0.780. The number of sulfone groups is 1. The van der Waals surface area contributed by atoms with E-state index in [9.17, 15) is 13.2 Å². The van der Waals surface area contributed by atoms with Crippen molar-refractivity contribution in [3.63, 3.8) is 0 Å². The van der Waals surface area contributed by atoms with Crippen LogP contribution < -0.4 is 0 Å². The highest BCUT2D eigenvalue weighted by molar-refractivity contribution is 14.1. The van der Waals surface area contributed by atoms with Crippen LogP contribution in [0.4, 0.5) is 0 Å². The number of ether oxygens (including phenoxy) is 4. The number of rotatable bonds is 17. The predicted octanol–water partition coefficient (Wildman–Crippen LogP) is 9.40. The van der Waals surface area contributed by atoms with Crippen molar-refractivity contribution in [3.8, 4) is 0 Å². The van der Waals surface area contributed by atoms with Gasteiger partial charge in [-0.2, -0.15) is 0 Å². The number of alkyl halides is 1. The van der Waals surface area contributed by atoms with Crippen molar-refractivity contribution in [3.05, 3.63) is 42.5 Å². The van der Waals surface area contributed by atoms with Crippen molar-refractivity contribution in [1.29, 1.82) is 0 Å². The Morgan fingerprint density at radius 1 is 1.02 bits per heavy atom. The molecule has 9 heteroatoms. The van der Waals surface area contributed by atoms with Gasteiger partial charge in [-0.25, -0.2) is 8.42 Å². The molecular formula is C41H65IO7S. The largest absolute Gasteiger partial charge is 0.465 e. The van der Waals surface area contributed by atoms with Gasteiger partial charge in [0.25, 0.3) is 0 Å². The molecule has 3 fully saturated rings. The number of benzene rings is 1. The lowest BCUT2D eigenvalue weighted by Crippen LogP contribution is -2.50. The van der Waals surface area contributed by atoms with E-state index < -0.39 is 15.3 Å². The van der Waals surface area contributed by atoms with Crippen LogP contribution in [0.1, 0.15) is 113 Å². The van der Waals surface area contributed by atoms with Gasteiger partial charge in [-0.3, -0.25) is 4.79 Å². The minimum atomic E-state index is -3.44. The van der Waals surface area contributed by atoms with E-state index in [1.54, 1.807) is 24.3 Å². The van der Waals surface area contributed by atoms with Crippen molar-refractivity contribution in [2.24, 2.45) is 35.0 Å². The molecule has 3 saturated heterocycles. The molecule has 11 atom stereocenters. The van der Waals surface area contributed by atoms with E-state index in [2.05, 4.69) is 63.8 Å². The topological polar surface area (TPSA) is 88.1 Å². The average Bonchev–Trinajstić information content (AvgIpc) is 3.58. The van der Waals surface area contributed by atoms with Gasteiger partial charge in [0, 0.05) is 16.8 Å². The number of halogens is 1. The van der Waals surface area contributed by atoms with Crippen LogP contribution in [0.5, 0.6) is 0 Å². The molecule has 0 aromatic heterocycles. The zero-order valence-electron chi connectivity index (χ0n) is 32.0. The Hall–Kier alpha value is -1.01. The molecule has 0 radical (unpaired) electrons. The van der Waals surface area contributed by atoms with Gasteiger partial charge in [-0.15, -0.1) is 0 Å². The molecule has 1 aromatic carbocycles. The summed E-state index contributed by atoms with van der Waals surface area (Å²) in [5.41, 5.74) is 0.426. The van der Waals surface area contributed by atoms with Crippen LogP contribution >= 0.6 is 22.6 Å². The monoisotopic (exact) mass is 828 g/mol. The molecule has 284 valence electrons. The van der Waals surface area contributed by atoms with Gasteiger partial charge in [0.2, 0.25) is 0 Å². The first kappa shape index (κ1) is 41.7. The minimum Gasteiger partial charge on any atom is -0.465 e. The summed E-state index contributed by atoms with van der Waals surface area (Å²) in [5, 5.41) is 0. The van der Waals surface area contributed by atoms with Crippen LogP contribution in [0.25, 0.3) is 0 Å². The maximum Gasteiger partial charge on any atom is 0.311 e. The van der Waals surface area contributed by atoms with Crippen molar-refractivity contribution in [2.75, 3.05) is 16.8 Å². The second-order valence-electron chi connectivity index (χ2n) is 16.9. The second-order valence-corrected chi connectivity index (χ2v) is 19.7. The van der Waals surface area contributed by atoms with Gasteiger partial charge in [-0.1, -0.05) is 94.0 Å². The molecule has 0 spiro atoms. The molecule has 0 aliphatic carbocycles. The Morgan fingerprint density at radius 2 is 1.70 bits per heavy atom. The van der Waals surface area contributed by atoms with Gasteiger partial charge >= 0.3 is 5.97 Å². The zero-order chi connectivity index (χ0) is 36.9. The first-order chi connectivity index (χ1) is 23.5. The van der Waals surface area contributed by atoms with Crippen LogP contribution in [0.3, 0.4) is 0 Å². The van der Waals surface area contributed by atoms with E-state index in [0.29, 0.717) is 17.4 Å². The van der Waals surface area contributed by atoms with Crippen LogP contribution in [-0.4, -0.2) is 67.3 Å². The van der Waals surface area contributed by atoms with E-state index in [4.69, 9.17) is 18.9 Å². The van der Waals surface area contributed by atoms with E-state index in [1.807, 2.05) is 26.8 Å². The molecule has 7 nitrogen and oxygen atoms in total. The fourth-order valence-corrected chi connectivity index (χ4v) is 11.0. The molecule has 3 heterocycles. The second kappa shape index (κ2) is 17.9. The molecule has 0 bridgehead atoms. The third-order valence-corrected chi connectivity index (χ3v) is 14.9. The Morgan fingerprint density at radius 3 is 2.34 bits per heavy atom. The maximum absolute atomic E-state index is 13.6. The minimum absolute atomic E-state index is 0.0628. The normalized spacial score (nSPS) is 31.9. The summed E-state index contributed by atoms with van der Waals surface area (Å²) in [6.45, 7) is 21.8. The molecule has 0 N–H and O–H groups in total. The van der Waals surface area contributed by atoms with E-state index in [-0.39, 0.29) is 71.5 Å². The Kier molecular flexibility index (Phi) is 14.9. The quantitative estimate of drug-likeness (QED) is 0.0509. The highest BCUT2D eigenvalue weighted by Gasteiger charge is 2.52. The Labute approximate surface area is 317 Å². The molecule has 0 saturated carbocycles. The first-order valence-corrected chi connectivity index (χ1v) is 22.4. The number of carbonyl (C=O) groups is 1. The van der Waals surface area contributed by atoms with Gasteiger partial charge in [0.15, 0.2) is 9.84 Å². The lowest BCUT2D eigenvalue weighted by molar-refractivity contribution is -0.156. The first-order valence-electron chi connectivity index (χ1n) is 19.2. The van der Waals surface area contributed by atoms with Crippen molar-refractivity contribution in [1.82, 2.24) is 0 Å². The molecule has 3 aliphatic heterocycles. The number of hydrogen-bond acceptors (Lipinski definition) is 7. The van der Waals surface area contributed by atoms with Crippen molar-refractivity contribution < 1.29 is 32.2 Å². The summed E-state index contributed by atoms with van der Waals surface area (Å²) in [5.74, 6) is 1.01. The molecule has 3 aliphatic rings. The number of allylic oxidation sites excluding steroid dienone is 1. The molecule has 0 amide bonds. The summed E-state index contributed by atoms with van der Waals surface area (Å²) in [6.07, 6.45) is 8.48. The van der Waals surface area contributed by atoms with Gasteiger partial charge < -0.3 is 18.9 Å². The third kappa shape index (κ3) is 10.6. The molecule has 50 heavy (non-hydrogen) atoms. The Balaban J connectivity index is 1.34. The third-order valence-electron chi connectivity index (χ3n) is 11.8. The number of hydrogen-bond donors (Lipinski definition) is 0. The van der Waals surface area contributed by atoms with E-state index in [1.165, 1.54) is 5.57 Å². The van der Waals surface area contributed by atoms with Crippen LogP contribution in [0, 0.1) is 35.0 Å². The predicted molar refractivity (Wildman–Crippen MR) is 209 cm³/mol. The van der Waals surface area contributed by atoms with Crippen LogP contribution in [-0.2, 0) is 33.6 Å². The lowest BCUT2D eigenvalue weighted by Gasteiger charge is -2.42. The number of esters is 1. The molecule has 2 unspecified atom stereocenters. The molecule has 4 rings (SSSR count). The number of fused-ring (bicyclic) bond motifs is 1. The van der Waals surface area contributed by atoms with Crippen LogP contribution in [0.2, 0.25) is 0 Å². The zero-order valence-corrected chi connectivity index (χ0v) is 35.0. The smallest absolute Gasteiger partial charge is 0.311 e. The summed E-state index contributed by atoms with van der Waals surface area (Å²) >= 11 is 2.46. The molecular weight excluding hydrogens is 763 g/mol.